The Morgan fingerprint density at radius 2 is 0.870 bits per heavy atom. The summed E-state index contributed by atoms with van der Waals surface area (Å²) in [5.41, 5.74) is 5.55. The first-order chi connectivity index (χ1) is 21.9. The van der Waals surface area contributed by atoms with Crippen LogP contribution in [0.1, 0.15) is 39.0 Å². The molecule has 2 aliphatic heterocycles. The number of nitrogens with two attached hydrogens (primary N) is 1. The van der Waals surface area contributed by atoms with Gasteiger partial charge in [0.25, 0.3) is 0 Å². The minimum Gasteiger partial charge on any atom is -0.480 e. The van der Waals surface area contributed by atoms with Crippen LogP contribution in [0.5, 0.6) is 0 Å². The number of hydrogen-bond donors (Lipinski definition) is 3. The molecule has 0 atom stereocenters. The predicted octanol–water partition coefficient (Wildman–Crippen LogP) is -2.04. The van der Waals surface area contributed by atoms with Gasteiger partial charge in [0.1, 0.15) is 0 Å². The molecule has 0 bridgehead atoms. The average Bonchev–Trinajstić information content (AvgIpc) is 3.03. The number of hydrogen-bond acceptors (Lipinski definition) is 10. The molecule has 2 rings (SSSR count). The Labute approximate surface area is 272 Å². The first-order valence-electron chi connectivity index (χ1n) is 16.3. The van der Waals surface area contributed by atoms with Crippen LogP contribution in [0.4, 0.5) is 0 Å². The topological polar surface area (TPSA) is 192 Å². The van der Waals surface area contributed by atoms with Crippen molar-refractivity contribution < 1.29 is 39.0 Å². The van der Waals surface area contributed by atoms with E-state index in [0.29, 0.717) is 84.8 Å². The summed E-state index contributed by atoms with van der Waals surface area (Å²) in [6.07, 6.45) is 1.84. The lowest BCUT2D eigenvalue weighted by molar-refractivity contribution is -0.141. The van der Waals surface area contributed by atoms with E-state index >= 15 is 0 Å². The predicted molar refractivity (Wildman–Crippen MR) is 170 cm³/mol. The van der Waals surface area contributed by atoms with Gasteiger partial charge in [-0.25, -0.2) is 0 Å². The lowest BCUT2D eigenvalue weighted by Crippen LogP contribution is -2.51. The number of nitrogens with zero attached hydrogens (tertiary/aromatic N) is 7. The van der Waals surface area contributed by atoms with Crippen molar-refractivity contribution >= 4 is 35.6 Å². The molecular formula is C30H54N8O8. The number of carboxylic acids is 2. The van der Waals surface area contributed by atoms with Crippen LogP contribution in [0.2, 0.25) is 0 Å². The van der Waals surface area contributed by atoms with E-state index in [1.165, 1.54) is 0 Å². The third-order valence-corrected chi connectivity index (χ3v) is 8.39. The third-order valence-electron chi connectivity index (χ3n) is 8.39. The maximum Gasteiger partial charge on any atom is 0.317 e. The molecule has 0 aromatic heterocycles. The first kappa shape index (κ1) is 38.8. The molecule has 2 aliphatic rings. The zero-order valence-electron chi connectivity index (χ0n) is 27.6. The molecule has 4 amide bonds. The summed E-state index contributed by atoms with van der Waals surface area (Å²) in [6, 6.07) is 0. The van der Waals surface area contributed by atoms with E-state index < -0.39 is 11.9 Å². The highest BCUT2D eigenvalue weighted by atomic mass is 16.4. The van der Waals surface area contributed by atoms with Gasteiger partial charge in [-0.15, -0.1) is 0 Å². The fourth-order valence-electron chi connectivity index (χ4n) is 5.59. The van der Waals surface area contributed by atoms with Crippen LogP contribution in [0.3, 0.4) is 0 Å². The molecule has 0 aliphatic carbocycles. The summed E-state index contributed by atoms with van der Waals surface area (Å²) in [7, 11) is 1.92. The van der Waals surface area contributed by atoms with Gasteiger partial charge in [-0.1, -0.05) is 6.92 Å². The number of carbonyl (C=O) groups is 6. The largest absolute Gasteiger partial charge is 0.480 e. The summed E-state index contributed by atoms with van der Waals surface area (Å²) in [5, 5.41) is 18.9. The molecule has 2 heterocycles. The van der Waals surface area contributed by atoms with Gasteiger partial charge in [-0.2, -0.15) is 0 Å². The molecule has 262 valence electrons. The highest BCUT2D eigenvalue weighted by Gasteiger charge is 2.26. The van der Waals surface area contributed by atoms with Crippen LogP contribution in [-0.2, 0) is 28.8 Å². The molecule has 0 radical (unpaired) electrons. The van der Waals surface area contributed by atoms with Crippen molar-refractivity contribution in [3.05, 3.63) is 0 Å². The molecule has 16 nitrogen and oxygen atoms in total. The number of piperazine rings is 2. The van der Waals surface area contributed by atoms with Gasteiger partial charge in [0.05, 0.1) is 13.1 Å². The first-order valence-corrected chi connectivity index (χ1v) is 16.3. The molecule has 2 saturated heterocycles. The monoisotopic (exact) mass is 654 g/mol. The van der Waals surface area contributed by atoms with Crippen molar-refractivity contribution in [1.82, 2.24) is 34.3 Å². The van der Waals surface area contributed by atoms with Crippen LogP contribution in [0.15, 0.2) is 0 Å². The molecule has 16 heteroatoms. The van der Waals surface area contributed by atoms with Gasteiger partial charge >= 0.3 is 11.9 Å². The highest BCUT2D eigenvalue weighted by Crippen LogP contribution is 2.09. The van der Waals surface area contributed by atoms with E-state index in [2.05, 4.69) is 0 Å². The standard InChI is InChI=1S/C30H54N8O8/c1-3-4-25(39)35-15-17-37(18-16-35)27(41)6-10-33(23-29(43)44)13-14-34(24-30(45)46)11-7-28(42)38-21-19-36(20-22-38)26(40)5-9-32(2)12-8-31/h3-24,31H2,1-2H3,(H,43,44)(H,45,46). The van der Waals surface area contributed by atoms with E-state index in [1.807, 2.05) is 18.9 Å². The number of carbonyl (C=O) groups excluding carboxylic acids is 4. The van der Waals surface area contributed by atoms with Gasteiger partial charge in [0.2, 0.25) is 23.6 Å². The Kier molecular flexibility index (Phi) is 17.5. The maximum atomic E-state index is 12.9. The van der Waals surface area contributed by atoms with E-state index in [0.717, 1.165) is 6.42 Å². The van der Waals surface area contributed by atoms with E-state index in [1.54, 1.807) is 29.4 Å². The van der Waals surface area contributed by atoms with Gasteiger partial charge < -0.3 is 40.4 Å². The second-order valence-electron chi connectivity index (χ2n) is 12.0. The van der Waals surface area contributed by atoms with Gasteiger partial charge in [0, 0.05) is 124 Å². The van der Waals surface area contributed by atoms with E-state index in [-0.39, 0.29) is 75.7 Å². The quantitative estimate of drug-likeness (QED) is 0.131. The SMILES string of the molecule is CCCC(=O)N1CCN(C(=O)CCN(CCN(CCC(=O)N2CCN(C(=O)CCN(C)CCN)CC2)CC(=O)O)CC(=O)O)CC1. The fraction of sp³-hybridized carbons (Fsp3) is 0.800. The zero-order chi connectivity index (χ0) is 34.1. The normalized spacial score (nSPS) is 15.6. The lowest BCUT2D eigenvalue weighted by Gasteiger charge is -2.35. The zero-order valence-corrected chi connectivity index (χ0v) is 27.6. The molecule has 0 aromatic rings. The summed E-state index contributed by atoms with van der Waals surface area (Å²) in [5.74, 6) is -2.24. The molecule has 0 saturated carbocycles. The molecule has 46 heavy (non-hydrogen) atoms. The van der Waals surface area contributed by atoms with Gasteiger partial charge in [-0.3, -0.25) is 38.6 Å². The molecule has 0 unspecified atom stereocenters. The molecule has 2 fully saturated rings. The number of amides is 4. The number of likely N-dealkylation sites (N-methyl/N-ethyl adjacent to an activating group) is 1. The van der Waals surface area contributed by atoms with Crippen molar-refractivity contribution in [2.45, 2.75) is 39.0 Å². The Hall–Kier alpha value is -3.34. The summed E-state index contributed by atoms with van der Waals surface area (Å²) in [6.45, 7) is 7.52. The van der Waals surface area contributed by atoms with Crippen molar-refractivity contribution in [3.63, 3.8) is 0 Å². The number of carboxylic acid groups (broad SMARTS) is 2. The molecule has 0 spiro atoms. The maximum absolute atomic E-state index is 12.9. The van der Waals surface area contributed by atoms with Crippen molar-refractivity contribution in [1.29, 1.82) is 0 Å². The fourth-order valence-corrected chi connectivity index (χ4v) is 5.59. The minimum atomic E-state index is -1.06. The lowest BCUT2D eigenvalue weighted by atomic mass is 10.2. The minimum absolute atomic E-state index is 0.0395. The van der Waals surface area contributed by atoms with Crippen molar-refractivity contribution in [2.75, 3.05) is 118 Å². The Morgan fingerprint density at radius 3 is 1.17 bits per heavy atom. The summed E-state index contributed by atoms with van der Waals surface area (Å²) in [4.78, 5) is 85.6. The van der Waals surface area contributed by atoms with E-state index in [9.17, 15) is 39.0 Å². The average molecular weight is 655 g/mol. The van der Waals surface area contributed by atoms with Crippen LogP contribution in [-0.4, -0.2) is 198 Å². The second kappa shape index (κ2) is 20.7. The third kappa shape index (κ3) is 14.4. The van der Waals surface area contributed by atoms with Crippen molar-refractivity contribution in [3.8, 4) is 0 Å². The summed E-state index contributed by atoms with van der Waals surface area (Å²) >= 11 is 0. The molecular weight excluding hydrogens is 600 g/mol. The number of rotatable bonds is 20. The van der Waals surface area contributed by atoms with Gasteiger partial charge in [0.15, 0.2) is 0 Å². The Morgan fingerprint density at radius 1 is 0.543 bits per heavy atom. The number of aliphatic carboxylic acids is 2. The summed E-state index contributed by atoms with van der Waals surface area (Å²) < 4.78 is 0. The second-order valence-corrected chi connectivity index (χ2v) is 12.0. The van der Waals surface area contributed by atoms with Crippen LogP contribution in [0.25, 0.3) is 0 Å². The smallest absolute Gasteiger partial charge is 0.317 e. The van der Waals surface area contributed by atoms with E-state index in [4.69, 9.17) is 5.73 Å². The Bertz CT molecular complexity index is 1010. The molecule has 0 aromatic carbocycles. The molecule has 4 N–H and O–H groups in total. The Balaban J connectivity index is 1.80. The highest BCUT2D eigenvalue weighted by molar-refractivity contribution is 5.79. The van der Waals surface area contributed by atoms with Crippen LogP contribution in [0, 0.1) is 0 Å². The van der Waals surface area contributed by atoms with Gasteiger partial charge in [-0.05, 0) is 13.5 Å². The van der Waals surface area contributed by atoms with Crippen molar-refractivity contribution in [2.24, 2.45) is 5.73 Å². The van der Waals surface area contributed by atoms with Crippen LogP contribution >= 0.6 is 0 Å². The van der Waals surface area contributed by atoms with Crippen LogP contribution < -0.4 is 5.73 Å².